The molecule has 190 valence electrons. The Hall–Kier alpha value is -1.13. The van der Waals surface area contributed by atoms with Gasteiger partial charge < -0.3 is 15.3 Å². The van der Waals surface area contributed by atoms with Crippen LogP contribution in [0.5, 0.6) is 0 Å². The Kier molecular flexibility index (Phi) is 5.06. The topological polar surface area (TPSA) is 77.8 Å². The van der Waals surface area contributed by atoms with Crippen molar-refractivity contribution in [1.29, 1.82) is 0 Å². The van der Waals surface area contributed by atoms with Crippen molar-refractivity contribution in [3.63, 3.8) is 0 Å². The quantitative estimate of drug-likeness (QED) is 0.434. The maximum Gasteiger partial charge on any atom is 0.310 e. The normalized spacial score (nSPS) is 53.6. The van der Waals surface area contributed by atoms with Crippen LogP contribution in [0.15, 0.2) is 23.3 Å². The van der Waals surface area contributed by atoms with E-state index in [9.17, 15) is 20.1 Å². The number of aliphatic hydroxyl groups is 2. The van der Waals surface area contributed by atoms with Crippen LogP contribution in [0.4, 0.5) is 0 Å². The molecule has 0 unspecified atom stereocenters. The van der Waals surface area contributed by atoms with E-state index >= 15 is 0 Å². The van der Waals surface area contributed by atoms with Gasteiger partial charge in [-0.05, 0) is 96.9 Å². The van der Waals surface area contributed by atoms with E-state index in [1.165, 1.54) is 11.1 Å². The Morgan fingerprint density at radius 3 is 2.29 bits per heavy atom. The van der Waals surface area contributed by atoms with Crippen molar-refractivity contribution < 1.29 is 20.1 Å². The van der Waals surface area contributed by atoms with Crippen LogP contribution in [-0.2, 0) is 4.79 Å². The number of allylic oxidation sites excluding steroid dienone is 2. The molecule has 0 bridgehead atoms. The van der Waals surface area contributed by atoms with E-state index in [0.717, 1.165) is 32.1 Å². The van der Waals surface area contributed by atoms with Gasteiger partial charge in [0.25, 0.3) is 0 Å². The van der Waals surface area contributed by atoms with Crippen LogP contribution in [0.3, 0.4) is 0 Å². The van der Waals surface area contributed by atoms with Gasteiger partial charge in [0.15, 0.2) is 0 Å². The molecule has 3 N–H and O–H groups in total. The standard InChI is InChI=1S/C30H46O4/c1-18-10-13-30(24(32)33)15-14-26(4)20(23(30)29(18,7)34)8-9-22-27(26,5)12-11-21-25(2,3)16-19(17-31)28(21,22)6/h8,16,18,21-23,31,34H,9-15,17H2,1-7H3,(H,32,33)/t18-,21+,22-,23-,26-,27-,28+,29-,30+/m1/s1. The Balaban J connectivity index is 1.68. The van der Waals surface area contributed by atoms with Crippen LogP contribution in [0.2, 0.25) is 0 Å². The zero-order valence-corrected chi connectivity index (χ0v) is 22.4. The fraction of sp³-hybridized carbons (Fsp3) is 0.833. The van der Waals surface area contributed by atoms with Gasteiger partial charge in [0, 0.05) is 5.92 Å². The minimum absolute atomic E-state index is 0.00155. The van der Waals surface area contributed by atoms with Crippen LogP contribution >= 0.6 is 0 Å². The highest BCUT2D eigenvalue weighted by Crippen LogP contribution is 2.76. The number of aliphatic carboxylic acids is 1. The highest BCUT2D eigenvalue weighted by molar-refractivity contribution is 5.77. The monoisotopic (exact) mass is 470 g/mol. The first kappa shape index (κ1) is 24.6. The van der Waals surface area contributed by atoms with Crippen molar-refractivity contribution in [1.82, 2.24) is 0 Å². The Morgan fingerprint density at radius 2 is 1.68 bits per heavy atom. The largest absolute Gasteiger partial charge is 0.481 e. The van der Waals surface area contributed by atoms with Crippen molar-refractivity contribution >= 4 is 5.97 Å². The van der Waals surface area contributed by atoms with Crippen molar-refractivity contribution in [2.24, 2.45) is 50.7 Å². The second kappa shape index (κ2) is 7.00. The number of hydrogen-bond donors (Lipinski definition) is 3. The summed E-state index contributed by atoms with van der Waals surface area (Å²) in [6.07, 6.45) is 10.8. The predicted octanol–water partition coefficient (Wildman–Crippen LogP) is 5.98. The van der Waals surface area contributed by atoms with Crippen LogP contribution < -0.4 is 0 Å². The fourth-order valence-electron chi connectivity index (χ4n) is 10.6. The van der Waals surface area contributed by atoms with Gasteiger partial charge in [-0.15, -0.1) is 0 Å². The number of carbonyl (C=O) groups is 1. The van der Waals surface area contributed by atoms with E-state index in [2.05, 4.69) is 53.7 Å². The highest BCUT2D eigenvalue weighted by atomic mass is 16.4. The van der Waals surface area contributed by atoms with Crippen LogP contribution in [0.25, 0.3) is 0 Å². The third kappa shape index (κ3) is 2.60. The van der Waals surface area contributed by atoms with Gasteiger partial charge in [-0.3, -0.25) is 4.79 Å². The Labute approximate surface area is 205 Å². The fourth-order valence-corrected chi connectivity index (χ4v) is 10.6. The van der Waals surface area contributed by atoms with Crippen molar-refractivity contribution in [2.45, 2.75) is 99.0 Å². The molecule has 0 spiro atoms. The predicted molar refractivity (Wildman–Crippen MR) is 134 cm³/mol. The molecular weight excluding hydrogens is 424 g/mol. The van der Waals surface area contributed by atoms with Gasteiger partial charge >= 0.3 is 5.97 Å². The number of aliphatic hydroxyl groups excluding tert-OH is 1. The van der Waals surface area contributed by atoms with E-state index in [4.69, 9.17) is 0 Å². The van der Waals surface area contributed by atoms with Gasteiger partial charge in [-0.2, -0.15) is 0 Å². The number of rotatable bonds is 2. The average Bonchev–Trinajstić information content (AvgIpc) is 2.96. The maximum atomic E-state index is 12.8. The summed E-state index contributed by atoms with van der Waals surface area (Å²) in [5.74, 6) is -0.0735. The zero-order chi connectivity index (χ0) is 25.1. The molecule has 9 atom stereocenters. The summed E-state index contributed by atoms with van der Waals surface area (Å²) in [4.78, 5) is 12.8. The number of carboxylic acid groups (broad SMARTS) is 1. The molecule has 4 nitrogen and oxygen atoms in total. The molecule has 0 radical (unpaired) electrons. The molecule has 0 aromatic rings. The van der Waals surface area contributed by atoms with Crippen LogP contribution in [-0.4, -0.2) is 33.5 Å². The number of hydrogen-bond acceptors (Lipinski definition) is 3. The average molecular weight is 471 g/mol. The minimum Gasteiger partial charge on any atom is -0.481 e. The summed E-state index contributed by atoms with van der Waals surface area (Å²) in [5.41, 5.74) is 0.405. The molecular formula is C30H46O4. The van der Waals surface area contributed by atoms with Crippen molar-refractivity contribution in [3.8, 4) is 0 Å². The molecule has 3 saturated carbocycles. The lowest BCUT2D eigenvalue weighted by Crippen LogP contribution is -2.66. The summed E-state index contributed by atoms with van der Waals surface area (Å²) in [5, 5.41) is 32.9. The molecule has 0 aromatic heterocycles. The second-order valence-electron chi connectivity index (χ2n) is 14.3. The van der Waals surface area contributed by atoms with E-state index in [1.54, 1.807) is 0 Å². The van der Waals surface area contributed by atoms with E-state index in [1.807, 2.05) is 6.92 Å². The molecule has 0 aliphatic heterocycles. The lowest BCUT2D eigenvalue weighted by atomic mass is 9.34. The summed E-state index contributed by atoms with van der Waals surface area (Å²) in [6.45, 7) is 16.0. The summed E-state index contributed by atoms with van der Waals surface area (Å²) >= 11 is 0. The van der Waals surface area contributed by atoms with E-state index in [-0.39, 0.29) is 40.1 Å². The number of fused-ring (bicyclic) bond motifs is 7. The molecule has 5 rings (SSSR count). The number of carboxylic acids is 1. The van der Waals surface area contributed by atoms with E-state index < -0.39 is 17.0 Å². The molecule has 5 aliphatic rings. The molecule has 0 saturated heterocycles. The lowest BCUT2D eigenvalue weighted by molar-refractivity contribution is -0.197. The Morgan fingerprint density at radius 1 is 1.00 bits per heavy atom. The molecule has 0 amide bonds. The molecule has 0 aromatic carbocycles. The third-order valence-electron chi connectivity index (χ3n) is 12.9. The van der Waals surface area contributed by atoms with Gasteiger partial charge in [-0.25, -0.2) is 0 Å². The third-order valence-corrected chi connectivity index (χ3v) is 12.9. The second-order valence-corrected chi connectivity index (χ2v) is 14.3. The summed E-state index contributed by atoms with van der Waals surface area (Å²) in [6, 6.07) is 0. The molecule has 0 heterocycles. The molecule has 4 heteroatoms. The van der Waals surface area contributed by atoms with Crippen LogP contribution in [0, 0.1) is 50.7 Å². The maximum absolute atomic E-state index is 12.8. The minimum atomic E-state index is -1.03. The molecule has 34 heavy (non-hydrogen) atoms. The first-order chi connectivity index (χ1) is 15.6. The van der Waals surface area contributed by atoms with Gasteiger partial charge in [0.05, 0.1) is 17.6 Å². The Bertz CT molecular complexity index is 974. The van der Waals surface area contributed by atoms with Gasteiger partial charge in [0.1, 0.15) is 0 Å². The highest BCUT2D eigenvalue weighted by Gasteiger charge is 2.71. The first-order valence-corrected chi connectivity index (χ1v) is 13.6. The van der Waals surface area contributed by atoms with Crippen molar-refractivity contribution in [3.05, 3.63) is 23.3 Å². The SMILES string of the molecule is C[C@@H]1CC[C@]2(C(=O)O)CC[C@]3(C)C(=CC[C@H]4[C@@]5(C)C(CO)=CC(C)(C)[C@@H]5CC[C@]43C)[C@@H]2[C@]1(C)O. The lowest BCUT2D eigenvalue weighted by Gasteiger charge is -2.69. The molecule has 3 fully saturated rings. The van der Waals surface area contributed by atoms with Crippen LogP contribution in [0.1, 0.15) is 93.4 Å². The zero-order valence-electron chi connectivity index (χ0n) is 22.4. The van der Waals surface area contributed by atoms with E-state index in [0.29, 0.717) is 24.7 Å². The smallest absolute Gasteiger partial charge is 0.310 e. The summed E-state index contributed by atoms with van der Waals surface area (Å²) < 4.78 is 0. The first-order valence-electron chi connectivity index (χ1n) is 13.6. The molecule has 5 aliphatic carbocycles. The summed E-state index contributed by atoms with van der Waals surface area (Å²) in [7, 11) is 0. The van der Waals surface area contributed by atoms with Gasteiger partial charge in [-0.1, -0.05) is 59.3 Å². The van der Waals surface area contributed by atoms with Crippen molar-refractivity contribution in [2.75, 3.05) is 6.61 Å². The van der Waals surface area contributed by atoms with Gasteiger partial charge in [0.2, 0.25) is 0 Å².